The first kappa shape index (κ1) is 30.9. The van der Waals surface area contributed by atoms with Crippen LogP contribution in [0.1, 0.15) is 72.1 Å². The predicted octanol–water partition coefficient (Wildman–Crippen LogP) is 5.14. The van der Waals surface area contributed by atoms with E-state index in [9.17, 15) is 4.79 Å². The first-order chi connectivity index (χ1) is 14.8. The van der Waals surface area contributed by atoms with Crippen LogP contribution in [0.15, 0.2) is 0 Å². The largest absolute Gasteiger partial charge is 0.500 e. The average molecular weight is 481 g/mol. The van der Waals surface area contributed by atoms with Gasteiger partial charge in [0.2, 0.25) is 0 Å². The van der Waals surface area contributed by atoms with Gasteiger partial charge in [-0.05, 0) is 31.4 Å². The van der Waals surface area contributed by atoms with Gasteiger partial charge in [0.15, 0.2) is 0 Å². The summed E-state index contributed by atoms with van der Waals surface area (Å²) in [7, 11) is 3.65. The maximum absolute atomic E-state index is 11.9. The number of nitrogens with zero attached hydrogens (tertiary/aromatic N) is 1. The zero-order valence-electron chi connectivity index (χ0n) is 21.2. The molecule has 0 amide bonds. The highest BCUT2D eigenvalue weighted by atomic mass is 32.2. The summed E-state index contributed by atoms with van der Waals surface area (Å²) < 4.78 is 25.0. The van der Waals surface area contributed by atoms with Crippen molar-refractivity contribution in [3.8, 4) is 0 Å². The Morgan fingerprint density at radius 2 is 1.29 bits per heavy atom. The zero-order chi connectivity index (χ0) is 23.4. The van der Waals surface area contributed by atoms with E-state index in [-0.39, 0.29) is 5.97 Å². The number of carbonyl (C=O) groups excluding carboxylic acids is 1. The molecule has 8 heteroatoms. The first-order valence-electron chi connectivity index (χ1n) is 12.2. The number of ether oxygens (including phenoxy) is 1. The number of carbonyl (C=O) groups is 1. The summed E-state index contributed by atoms with van der Waals surface area (Å²) >= 11 is 1.80. The number of hydrogen-bond acceptors (Lipinski definition) is 6. The number of hydrogen-bond donors (Lipinski definition) is 0. The molecule has 31 heavy (non-hydrogen) atoms. The lowest BCUT2D eigenvalue weighted by molar-refractivity contribution is -0.870. The summed E-state index contributed by atoms with van der Waals surface area (Å²) in [6.07, 6.45) is 7.88. The van der Waals surface area contributed by atoms with Crippen molar-refractivity contribution in [2.45, 2.75) is 78.2 Å². The third kappa shape index (κ3) is 19.1. The summed E-state index contributed by atoms with van der Waals surface area (Å²) in [6, 6.07) is 0.852. The van der Waals surface area contributed by atoms with Gasteiger partial charge in [0.1, 0.15) is 13.2 Å². The molecule has 0 N–H and O–H groups in total. The lowest BCUT2D eigenvalue weighted by Crippen LogP contribution is -2.46. The fourth-order valence-electron chi connectivity index (χ4n) is 2.61. The molecule has 186 valence electrons. The number of esters is 1. The van der Waals surface area contributed by atoms with Crippen LogP contribution < -0.4 is 0 Å². The Balaban J connectivity index is 4.36. The van der Waals surface area contributed by atoms with Gasteiger partial charge in [-0.1, -0.05) is 40.0 Å². The van der Waals surface area contributed by atoms with E-state index in [1.807, 2.05) is 0 Å². The van der Waals surface area contributed by atoms with E-state index in [2.05, 4.69) is 41.9 Å². The molecule has 0 atom stereocenters. The van der Waals surface area contributed by atoms with Crippen LogP contribution in [0.2, 0.25) is 6.04 Å². The fraction of sp³-hybridized carbons (Fsp3) is 0.957. The van der Waals surface area contributed by atoms with Crippen LogP contribution in [0.5, 0.6) is 0 Å². The van der Waals surface area contributed by atoms with Crippen molar-refractivity contribution in [1.82, 2.24) is 0 Å². The van der Waals surface area contributed by atoms with Crippen LogP contribution >= 0.6 is 11.8 Å². The molecule has 0 rings (SSSR count). The molecule has 0 bridgehead atoms. The topological polar surface area (TPSA) is 54.0 Å². The second kappa shape index (κ2) is 19.4. The van der Waals surface area contributed by atoms with Crippen molar-refractivity contribution < 1.29 is 27.3 Å². The molecule has 0 aliphatic carbocycles. The SMILES string of the molecule is CCCCO[Si](CCCSCCC(=O)OCC[N+](C)(C)C)(OCCCC)OCCCC. The molecule has 0 radical (unpaired) electrons. The Morgan fingerprint density at radius 3 is 1.74 bits per heavy atom. The van der Waals surface area contributed by atoms with Gasteiger partial charge in [0.05, 0.1) is 27.6 Å². The number of rotatable bonds is 22. The summed E-state index contributed by atoms with van der Waals surface area (Å²) in [5.41, 5.74) is 0. The van der Waals surface area contributed by atoms with Crippen LogP contribution in [-0.2, 0) is 22.8 Å². The van der Waals surface area contributed by atoms with Crippen molar-refractivity contribution >= 4 is 26.5 Å². The number of quaternary nitrogens is 1. The third-order valence-corrected chi connectivity index (χ3v) is 8.67. The number of unbranched alkanes of at least 4 members (excludes halogenated alkanes) is 3. The predicted molar refractivity (Wildman–Crippen MR) is 134 cm³/mol. The van der Waals surface area contributed by atoms with Gasteiger partial charge in [0.25, 0.3) is 0 Å². The minimum atomic E-state index is -2.63. The van der Waals surface area contributed by atoms with Gasteiger partial charge in [-0.15, -0.1) is 0 Å². The molecule has 0 aliphatic heterocycles. The van der Waals surface area contributed by atoms with Gasteiger partial charge in [-0.2, -0.15) is 11.8 Å². The second-order valence-electron chi connectivity index (χ2n) is 8.99. The molecule has 0 aromatic carbocycles. The summed E-state index contributed by atoms with van der Waals surface area (Å²) in [5, 5.41) is 0. The van der Waals surface area contributed by atoms with Crippen molar-refractivity contribution in [2.24, 2.45) is 0 Å². The molecular formula is C23H50NO5SSi+. The molecule has 0 unspecified atom stereocenters. The van der Waals surface area contributed by atoms with E-state index in [1.165, 1.54) is 0 Å². The molecule has 0 fully saturated rings. The monoisotopic (exact) mass is 480 g/mol. The molecule has 0 heterocycles. The Hall–Kier alpha value is -0.123. The fourth-order valence-corrected chi connectivity index (χ4v) is 6.39. The maximum atomic E-state index is 11.9. The van der Waals surface area contributed by atoms with Gasteiger partial charge in [-0.25, -0.2) is 0 Å². The minimum Gasteiger partial charge on any atom is -0.460 e. The normalized spacial score (nSPS) is 12.3. The van der Waals surface area contributed by atoms with Crippen molar-refractivity contribution in [2.75, 3.05) is 65.6 Å². The van der Waals surface area contributed by atoms with E-state index in [1.54, 1.807) is 11.8 Å². The lowest BCUT2D eigenvalue weighted by atomic mass is 10.4. The van der Waals surface area contributed by atoms with Gasteiger partial charge >= 0.3 is 14.8 Å². The molecule has 0 aromatic heterocycles. The highest BCUT2D eigenvalue weighted by Gasteiger charge is 2.40. The molecular weight excluding hydrogens is 430 g/mol. The third-order valence-electron chi connectivity index (χ3n) is 4.71. The molecule has 0 aliphatic rings. The van der Waals surface area contributed by atoms with Crippen LogP contribution in [0, 0.1) is 0 Å². The van der Waals surface area contributed by atoms with Gasteiger partial charge in [-0.3, -0.25) is 4.79 Å². The van der Waals surface area contributed by atoms with Crippen molar-refractivity contribution in [3.05, 3.63) is 0 Å². The molecule has 0 spiro atoms. The molecule has 6 nitrogen and oxygen atoms in total. The van der Waals surface area contributed by atoms with Gasteiger partial charge in [0, 0.05) is 31.6 Å². The van der Waals surface area contributed by atoms with E-state index in [0.717, 1.165) is 73.5 Å². The van der Waals surface area contributed by atoms with Crippen LogP contribution in [0.4, 0.5) is 0 Å². The Morgan fingerprint density at radius 1 is 0.774 bits per heavy atom. The van der Waals surface area contributed by atoms with E-state index >= 15 is 0 Å². The van der Waals surface area contributed by atoms with Crippen LogP contribution in [-0.4, -0.2) is 84.9 Å². The van der Waals surface area contributed by atoms with Crippen LogP contribution in [0.25, 0.3) is 0 Å². The lowest BCUT2D eigenvalue weighted by Gasteiger charge is -2.30. The number of thioether (sulfide) groups is 1. The highest BCUT2D eigenvalue weighted by molar-refractivity contribution is 7.99. The molecule has 0 saturated carbocycles. The summed E-state index contributed by atoms with van der Waals surface area (Å²) in [4.78, 5) is 11.9. The zero-order valence-corrected chi connectivity index (χ0v) is 23.0. The van der Waals surface area contributed by atoms with Crippen LogP contribution in [0.3, 0.4) is 0 Å². The standard InChI is InChI=1S/C23H50NO5SSi/c1-7-10-16-27-31(28-17-11-8-2,29-18-12-9-3)22-13-20-30-21-14-23(25)26-19-15-24(4,5)6/h7-22H2,1-6H3/q+1. The van der Waals surface area contributed by atoms with E-state index in [4.69, 9.17) is 18.0 Å². The quantitative estimate of drug-likeness (QED) is 0.0926. The Bertz CT molecular complexity index is 408. The smallest absolute Gasteiger partial charge is 0.460 e. The minimum absolute atomic E-state index is 0.0987. The average Bonchev–Trinajstić information content (AvgIpc) is 2.70. The first-order valence-corrected chi connectivity index (χ1v) is 15.3. The van der Waals surface area contributed by atoms with E-state index in [0.29, 0.717) is 32.8 Å². The highest BCUT2D eigenvalue weighted by Crippen LogP contribution is 2.22. The maximum Gasteiger partial charge on any atom is 0.500 e. The van der Waals surface area contributed by atoms with Crippen molar-refractivity contribution in [3.63, 3.8) is 0 Å². The van der Waals surface area contributed by atoms with E-state index < -0.39 is 8.80 Å². The molecule has 0 saturated heterocycles. The summed E-state index contributed by atoms with van der Waals surface area (Å²) in [5.74, 6) is 1.67. The van der Waals surface area contributed by atoms with Crippen molar-refractivity contribution in [1.29, 1.82) is 0 Å². The second-order valence-corrected chi connectivity index (χ2v) is 12.9. The Kier molecular flexibility index (Phi) is 19.3. The summed E-state index contributed by atoms with van der Waals surface area (Å²) in [6.45, 7) is 9.99. The Labute approximate surface area is 197 Å². The molecule has 0 aromatic rings. The van der Waals surface area contributed by atoms with Gasteiger partial charge < -0.3 is 22.5 Å². The number of likely N-dealkylation sites (N-methyl/N-ethyl adjacent to an activating group) is 1.